The van der Waals surface area contributed by atoms with Crippen molar-refractivity contribution in [1.29, 1.82) is 0 Å². The first kappa shape index (κ1) is 25.0. The van der Waals surface area contributed by atoms with Gasteiger partial charge in [-0.15, -0.1) is 0 Å². The second-order valence-electron chi connectivity index (χ2n) is 7.01. The average Bonchev–Trinajstić information content (AvgIpc) is 2.76. The third-order valence-electron chi connectivity index (χ3n) is 4.55. The second-order valence-corrected chi connectivity index (χ2v) is 8.69. The van der Waals surface area contributed by atoms with Gasteiger partial charge in [0.15, 0.2) is 11.6 Å². The van der Waals surface area contributed by atoms with Crippen molar-refractivity contribution in [2.75, 3.05) is 10.0 Å². The predicted molar refractivity (Wildman–Crippen MR) is 117 cm³/mol. The Kier molecular flexibility index (Phi) is 7.74. The highest BCUT2D eigenvalue weighted by Gasteiger charge is 2.18. The van der Waals surface area contributed by atoms with E-state index in [1.807, 2.05) is 0 Å². The summed E-state index contributed by atoms with van der Waals surface area (Å²) < 4.78 is 83.4. The first-order valence-electron chi connectivity index (χ1n) is 9.72. The number of anilines is 2. The monoisotopic (exact) mass is 497 g/mol. The minimum absolute atomic E-state index is 0.0462. The van der Waals surface area contributed by atoms with Gasteiger partial charge in [0.05, 0.1) is 17.0 Å². The molecule has 0 saturated carbocycles. The molecule has 4 N–H and O–H groups in total. The number of nitrogens with one attached hydrogen (secondary N) is 2. The van der Waals surface area contributed by atoms with Crippen LogP contribution in [0.1, 0.15) is 11.1 Å². The predicted octanol–water partition coefficient (Wildman–Crippen LogP) is 4.01. The van der Waals surface area contributed by atoms with E-state index >= 15 is 0 Å². The van der Waals surface area contributed by atoms with Crippen molar-refractivity contribution in [3.8, 4) is 5.75 Å². The largest absolute Gasteiger partial charge is 0.435 e. The summed E-state index contributed by atoms with van der Waals surface area (Å²) >= 11 is 0. The number of sulfonamides is 1. The normalized spacial score (nSPS) is 11.4. The minimum Gasteiger partial charge on any atom is -0.435 e. The van der Waals surface area contributed by atoms with E-state index in [0.29, 0.717) is 5.56 Å². The van der Waals surface area contributed by atoms with E-state index in [1.54, 1.807) is 0 Å². The molecular formula is C22H19F4N3O4S. The van der Waals surface area contributed by atoms with Gasteiger partial charge in [0.1, 0.15) is 5.75 Å². The van der Waals surface area contributed by atoms with Crippen LogP contribution in [0.2, 0.25) is 0 Å². The highest BCUT2D eigenvalue weighted by molar-refractivity contribution is 7.92. The Balaban J connectivity index is 1.79. The maximum absolute atomic E-state index is 13.3. The van der Waals surface area contributed by atoms with Gasteiger partial charge in [-0.05, 0) is 47.5 Å². The summed E-state index contributed by atoms with van der Waals surface area (Å²) in [6.45, 7) is -3.17. The van der Waals surface area contributed by atoms with Gasteiger partial charge in [-0.25, -0.2) is 17.2 Å². The molecule has 12 heteroatoms. The molecule has 0 aromatic heterocycles. The number of ether oxygens (including phenoxy) is 1. The lowest BCUT2D eigenvalue weighted by molar-refractivity contribution is -0.115. The van der Waals surface area contributed by atoms with Crippen LogP contribution in [0.5, 0.6) is 5.75 Å². The van der Waals surface area contributed by atoms with Crippen molar-refractivity contribution >= 4 is 27.3 Å². The van der Waals surface area contributed by atoms with E-state index in [-0.39, 0.29) is 40.5 Å². The van der Waals surface area contributed by atoms with E-state index in [1.165, 1.54) is 42.5 Å². The molecule has 3 rings (SSSR count). The van der Waals surface area contributed by atoms with E-state index in [9.17, 15) is 30.8 Å². The highest BCUT2D eigenvalue weighted by atomic mass is 32.2. The van der Waals surface area contributed by atoms with E-state index in [4.69, 9.17) is 5.73 Å². The number of carbonyl (C=O) groups is 1. The molecule has 1 amide bonds. The van der Waals surface area contributed by atoms with Crippen molar-refractivity contribution in [1.82, 2.24) is 0 Å². The Morgan fingerprint density at radius 3 is 2.44 bits per heavy atom. The summed E-state index contributed by atoms with van der Waals surface area (Å²) in [5, 5.41) is 2.54. The molecule has 0 unspecified atom stereocenters. The van der Waals surface area contributed by atoms with Crippen molar-refractivity contribution in [2.24, 2.45) is 5.73 Å². The van der Waals surface area contributed by atoms with Crippen molar-refractivity contribution < 1.29 is 35.5 Å². The van der Waals surface area contributed by atoms with Crippen LogP contribution in [-0.4, -0.2) is 20.9 Å². The molecule has 3 aromatic rings. The number of alkyl halides is 2. The third kappa shape index (κ3) is 6.45. The van der Waals surface area contributed by atoms with Crippen LogP contribution in [0.3, 0.4) is 0 Å². The molecule has 0 aliphatic heterocycles. The second kappa shape index (κ2) is 10.5. The Morgan fingerprint density at radius 2 is 1.76 bits per heavy atom. The van der Waals surface area contributed by atoms with Crippen LogP contribution < -0.4 is 20.5 Å². The number of rotatable bonds is 9. The molecule has 3 aromatic carbocycles. The zero-order valence-corrected chi connectivity index (χ0v) is 18.2. The fourth-order valence-electron chi connectivity index (χ4n) is 2.99. The van der Waals surface area contributed by atoms with Crippen LogP contribution in [0, 0.1) is 11.6 Å². The zero-order chi connectivity index (χ0) is 24.9. The molecule has 180 valence electrons. The highest BCUT2D eigenvalue weighted by Crippen LogP contribution is 2.26. The van der Waals surface area contributed by atoms with Crippen molar-refractivity contribution in [2.45, 2.75) is 24.5 Å². The molecule has 0 heterocycles. The Labute approximate surface area is 192 Å². The molecule has 34 heavy (non-hydrogen) atoms. The van der Waals surface area contributed by atoms with Crippen LogP contribution >= 0.6 is 0 Å². The Morgan fingerprint density at radius 1 is 1.00 bits per heavy atom. The molecule has 0 saturated heterocycles. The number of hydrogen-bond acceptors (Lipinski definition) is 5. The fourth-order valence-corrected chi connectivity index (χ4v) is 4.12. The Bertz CT molecular complexity index is 1300. The first-order chi connectivity index (χ1) is 16.1. The first-order valence-corrected chi connectivity index (χ1v) is 11.2. The van der Waals surface area contributed by atoms with Gasteiger partial charge in [0.25, 0.3) is 10.0 Å². The molecule has 0 fully saturated rings. The van der Waals surface area contributed by atoms with Gasteiger partial charge < -0.3 is 15.8 Å². The minimum atomic E-state index is -4.23. The molecule has 0 radical (unpaired) electrons. The lowest BCUT2D eigenvalue weighted by Crippen LogP contribution is -2.17. The lowest BCUT2D eigenvalue weighted by atomic mass is 10.1. The fraction of sp³-hybridized carbons (Fsp3) is 0.136. The number of amides is 1. The van der Waals surface area contributed by atoms with Crippen LogP contribution in [0.25, 0.3) is 0 Å². The SMILES string of the molecule is NCc1ccc(NC(=O)Cc2ccc(F)c(F)c2)cc1NS(=O)(=O)c1cccc(OC(F)F)c1. The van der Waals surface area contributed by atoms with Crippen molar-refractivity contribution in [3.63, 3.8) is 0 Å². The maximum Gasteiger partial charge on any atom is 0.387 e. The number of carbonyl (C=O) groups excluding carboxylic acids is 1. The average molecular weight is 497 g/mol. The lowest BCUT2D eigenvalue weighted by Gasteiger charge is -2.15. The molecule has 0 bridgehead atoms. The Hall–Kier alpha value is -3.64. The number of halogens is 4. The van der Waals surface area contributed by atoms with Gasteiger partial charge >= 0.3 is 6.61 Å². The van der Waals surface area contributed by atoms with E-state index in [0.717, 1.165) is 18.2 Å². The van der Waals surface area contributed by atoms with Gasteiger partial charge in [0.2, 0.25) is 5.91 Å². The summed E-state index contributed by atoms with van der Waals surface area (Å²) in [6, 6.07) is 11.9. The topological polar surface area (TPSA) is 111 Å². The zero-order valence-electron chi connectivity index (χ0n) is 17.4. The third-order valence-corrected chi connectivity index (χ3v) is 5.91. The molecule has 0 aliphatic carbocycles. The molecule has 0 spiro atoms. The summed E-state index contributed by atoms with van der Waals surface area (Å²) in [7, 11) is -4.23. The van der Waals surface area contributed by atoms with Crippen LogP contribution in [0.4, 0.5) is 28.9 Å². The summed E-state index contributed by atoms with van der Waals surface area (Å²) in [5.41, 5.74) is 6.56. The summed E-state index contributed by atoms with van der Waals surface area (Å²) in [5.74, 6) is -3.02. The van der Waals surface area contributed by atoms with Crippen LogP contribution in [-0.2, 0) is 27.8 Å². The maximum atomic E-state index is 13.3. The quantitative estimate of drug-likeness (QED) is 0.387. The summed E-state index contributed by atoms with van der Waals surface area (Å²) in [4.78, 5) is 12.0. The van der Waals surface area contributed by atoms with Crippen molar-refractivity contribution in [3.05, 3.63) is 83.4 Å². The number of benzene rings is 3. The number of hydrogen-bond donors (Lipinski definition) is 3. The summed E-state index contributed by atoms with van der Waals surface area (Å²) in [6.07, 6.45) is -0.256. The molecule has 0 aliphatic rings. The number of nitrogens with two attached hydrogens (primary N) is 1. The van der Waals surface area contributed by atoms with E-state index < -0.39 is 34.2 Å². The smallest absolute Gasteiger partial charge is 0.387 e. The standard InChI is InChI=1S/C22H19F4N3O4S/c23-18-7-4-13(8-19(18)24)9-21(30)28-15-6-5-14(12-27)20(10-15)29-34(31,32)17-3-1-2-16(11-17)33-22(25)26/h1-8,10-11,22,29H,9,12,27H2,(H,28,30). The van der Waals surface area contributed by atoms with E-state index in [2.05, 4.69) is 14.8 Å². The molecular weight excluding hydrogens is 478 g/mol. The van der Waals surface area contributed by atoms with Gasteiger partial charge in [-0.2, -0.15) is 8.78 Å². The van der Waals surface area contributed by atoms with Gasteiger partial charge in [0, 0.05) is 18.3 Å². The molecule has 0 atom stereocenters. The van der Waals surface area contributed by atoms with Gasteiger partial charge in [-0.1, -0.05) is 18.2 Å². The molecule has 7 nitrogen and oxygen atoms in total. The van der Waals surface area contributed by atoms with Crippen LogP contribution in [0.15, 0.2) is 65.6 Å². The van der Waals surface area contributed by atoms with Gasteiger partial charge in [-0.3, -0.25) is 9.52 Å².